The monoisotopic (exact) mass is 376 g/mol. The summed E-state index contributed by atoms with van der Waals surface area (Å²) < 4.78 is 29.0. The highest BCUT2D eigenvalue weighted by Gasteiger charge is 2.02. The lowest BCUT2D eigenvalue weighted by atomic mass is 10.0. The molecule has 0 unspecified atom stereocenters. The molecule has 0 spiro atoms. The molecule has 148 valence electrons. The van der Waals surface area contributed by atoms with Crippen LogP contribution in [0.2, 0.25) is 6.04 Å². The first-order valence-electron chi connectivity index (χ1n) is 10.2. The van der Waals surface area contributed by atoms with Crippen LogP contribution in [0.1, 0.15) is 89.9 Å². The summed E-state index contributed by atoms with van der Waals surface area (Å²) in [4.78, 5) is 10.8. The number of unbranched alkanes of at least 4 members (excludes halogenated alkanes) is 13. The first kappa shape index (κ1) is 24.3. The van der Waals surface area contributed by atoms with Gasteiger partial charge in [0, 0.05) is 6.08 Å². The van der Waals surface area contributed by atoms with Crippen molar-refractivity contribution in [2.24, 2.45) is 0 Å². The van der Waals surface area contributed by atoms with Gasteiger partial charge >= 0.3 is 5.97 Å². The maximum Gasteiger partial charge on any atom is 0.330 e. The van der Waals surface area contributed by atoms with Crippen LogP contribution in [0.4, 0.5) is 8.78 Å². The first-order chi connectivity index (χ1) is 12.2. The second-order valence-electron chi connectivity index (χ2n) is 6.85. The Labute approximate surface area is 155 Å². The second kappa shape index (κ2) is 19.6. The molecule has 0 saturated carbocycles. The maximum atomic E-state index is 12.0. The summed E-state index contributed by atoms with van der Waals surface area (Å²) in [7, 11) is -1.08. The van der Waals surface area contributed by atoms with Gasteiger partial charge in [-0.3, -0.25) is 0 Å². The molecule has 0 aliphatic rings. The van der Waals surface area contributed by atoms with Crippen LogP contribution < -0.4 is 0 Å². The van der Waals surface area contributed by atoms with Crippen LogP contribution in [-0.2, 0) is 9.53 Å². The molecule has 0 aliphatic heterocycles. The van der Waals surface area contributed by atoms with E-state index < -0.39 is 15.6 Å². The Morgan fingerprint density at radius 2 is 1.20 bits per heavy atom. The van der Waals surface area contributed by atoms with Crippen LogP contribution >= 0.6 is 0 Å². The van der Waals surface area contributed by atoms with Crippen LogP contribution in [0.25, 0.3) is 0 Å². The molecule has 5 heteroatoms. The zero-order chi connectivity index (χ0) is 18.6. The smallest absolute Gasteiger partial charge is 0.330 e. The average molecular weight is 377 g/mol. The topological polar surface area (TPSA) is 26.3 Å². The predicted molar refractivity (Wildman–Crippen MR) is 105 cm³/mol. The number of hydrogen-bond acceptors (Lipinski definition) is 2. The third-order valence-corrected chi connectivity index (χ3v) is 5.82. The lowest BCUT2D eigenvalue weighted by Gasteiger charge is -2.04. The highest BCUT2D eigenvalue weighted by atomic mass is 28.2. The molecule has 0 radical (unpaired) electrons. The molecular weight excluding hydrogens is 338 g/mol. The number of halogens is 2. The van der Waals surface area contributed by atoms with Gasteiger partial charge in [0.1, 0.15) is 9.52 Å². The van der Waals surface area contributed by atoms with Crippen molar-refractivity contribution in [3.8, 4) is 0 Å². The Morgan fingerprint density at radius 3 is 1.60 bits per heavy atom. The number of carbonyl (C=O) groups excluding carboxylic acids is 1. The minimum Gasteiger partial charge on any atom is -0.463 e. The number of rotatable bonds is 19. The lowest BCUT2D eigenvalue weighted by Crippen LogP contribution is -2.02. The molecule has 0 bridgehead atoms. The van der Waals surface area contributed by atoms with E-state index in [4.69, 9.17) is 4.74 Å². The highest BCUT2D eigenvalue weighted by molar-refractivity contribution is 6.36. The van der Waals surface area contributed by atoms with Gasteiger partial charge in [0.05, 0.1) is 6.61 Å². The van der Waals surface area contributed by atoms with Gasteiger partial charge in [-0.1, -0.05) is 96.1 Å². The molecule has 25 heavy (non-hydrogen) atoms. The van der Waals surface area contributed by atoms with Crippen LogP contribution in [0, 0.1) is 0 Å². The molecule has 0 aliphatic carbocycles. The highest BCUT2D eigenvalue weighted by Crippen LogP contribution is 2.13. The molecule has 0 saturated heterocycles. The van der Waals surface area contributed by atoms with Crippen LogP contribution in [0.5, 0.6) is 0 Å². The van der Waals surface area contributed by atoms with Gasteiger partial charge in [-0.25, -0.2) is 13.6 Å². The zero-order valence-corrected chi connectivity index (χ0v) is 17.4. The van der Waals surface area contributed by atoms with E-state index in [-0.39, 0.29) is 5.97 Å². The summed E-state index contributed by atoms with van der Waals surface area (Å²) in [6, 6.07) is -1.17. The number of ether oxygens (including phenoxy) is 1. The predicted octanol–water partition coefficient (Wildman–Crippen LogP) is 5.99. The van der Waals surface area contributed by atoms with E-state index in [2.05, 4.69) is 6.58 Å². The third-order valence-electron chi connectivity index (χ3n) is 4.48. The average Bonchev–Trinajstić information content (AvgIpc) is 2.60. The minimum atomic E-state index is -1.98. The van der Waals surface area contributed by atoms with Crippen LogP contribution in [-0.4, -0.2) is 28.1 Å². The van der Waals surface area contributed by atoms with E-state index in [1.807, 2.05) is 0 Å². The Bertz CT molecular complexity index is 312. The fourth-order valence-electron chi connectivity index (χ4n) is 2.93. The van der Waals surface area contributed by atoms with Crippen molar-refractivity contribution in [2.45, 2.75) is 102 Å². The van der Waals surface area contributed by atoms with Gasteiger partial charge < -0.3 is 4.74 Å². The second-order valence-corrected chi connectivity index (χ2v) is 8.76. The Balaban J connectivity index is 3.03. The summed E-state index contributed by atoms with van der Waals surface area (Å²) in [5.74, 6) is -0.326. The molecule has 0 amide bonds. The number of hydrogen-bond donors (Lipinski definition) is 0. The summed E-state index contributed by atoms with van der Waals surface area (Å²) in [5, 5.41) is 0. The quantitative estimate of drug-likeness (QED) is 0.120. The summed E-state index contributed by atoms with van der Waals surface area (Å²) in [6.07, 6.45) is 18.4. The standard InChI is InChI=1S/C20H38F2O2Si/c1-2-19(23)24-17-15-13-11-9-7-5-3-4-6-8-10-12-14-16-18-25-20(21)22/h2,20H,1,3-18,25H2. The summed E-state index contributed by atoms with van der Waals surface area (Å²) >= 11 is 0. The van der Waals surface area contributed by atoms with Crippen LogP contribution in [0.15, 0.2) is 12.7 Å². The van der Waals surface area contributed by atoms with Crippen molar-refractivity contribution in [1.82, 2.24) is 0 Å². The van der Waals surface area contributed by atoms with Gasteiger partial charge in [0.25, 0.3) is 0 Å². The Hall–Kier alpha value is -0.713. The van der Waals surface area contributed by atoms with Crippen molar-refractivity contribution in [2.75, 3.05) is 6.61 Å². The maximum absolute atomic E-state index is 12.0. The molecule has 0 aromatic carbocycles. The van der Waals surface area contributed by atoms with Gasteiger partial charge in [-0.05, 0) is 6.42 Å². The Kier molecular flexibility index (Phi) is 19.1. The molecule has 0 N–H and O–H groups in total. The van der Waals surface area contributed by atoms with Crippen molar-refractivity contribution in [3.63, 3.8) is 0 Å². The van der Waals surface area contributed by atoms with E-state index >= 15 is 0 Å². The minimum absolute atomic E-state index is 0.326. The van der Waals surface area contributed by atoms with E-state index in [1.165, 1.54) is 70.3 Å². The first-order valence-corrected chi connectivity index (χ1v) is 12.1. The van der Waals surface area contributed by atoms with Gasteiger partial charge in [-0.2, -0.15) is 0 Å². The summed E-state index contributed by atoms with van der Waals surface area (Å²) in [6.45, 7) is 3.88. The zero-order valence-electron chi connectivity index (χ0n) is 16.0. The normalized spacial score (nSPS) is 11.5. The van der Waals surface area contributed by atoms with Gasteiger partial charge in [-0.15, -0.1) is 0 Å². The van der Waals surface area contributed by atoms with Crippen LogP contribution in [0.3, 0.4) is 0 Å². The van der Waals surface area contributed by atoms with Gasteiger partial charge in [0.2, 0.25) is 6.05 Å². The SMILES string of the molecule is C=CC(=O)OCCCCCCCCCCCCCCCC[SiH2]C(F)F. The van der Waals surface area contributed by atoms with Crippen molar-refractivity contribution < 1.29 is 18.3 Å². The van der Waals surface area contributed by atoms with Crippen molar-refractivity contribution in [3.05, 3.63) is 12.7 Å². The number of carbonyl (C=O) groups is 1. The summed E-state index contributed by atoms with van der Waals surface area (Å²) in [5.41, 5.74) is 0. The van der Waals surface area contributed by atoms with Gasteiger partial charge in [0.15, 0.2) is 0 Å². The molecule has 0 fully saturated rings. The molecule has 2 nitrogen and oxygen atoms in total. The Morgan fingerprint density at radius 1 is 0.800 bits per heavy atom. The van der Waals surface area contributed by atoms with Crippen molar-refractivity contribution in [1.29, 1.82) is 0 Å². The molecule has 0 rings (SSSR count). The van der Waals surface area contributed by atoms with E-state index in [0.717, 1.165) is 31.7 Å². The lowest BCUT2D eigenvalue weighted by molar-refractivity contribution is -0.137. The third kappa shape index (κ3) is 21.2. The molecule has 0 aromatic rings. The fourth-order valence-corrected chi connectivity index (χ4v) is 3.88. The number of alkyl halides is 2. The van der Waals surface area contributed by atoms with E-state index in [1.54, 1.807) is 0 Å². The molecule has 0 atom stereocenters. The fraction of sp³-hybridized carbons (Fsp3) is 0.850. The van der Waals surface area contributed by atoms with Crippen molar-refractivity contribution >= 4 is 15.5 Å². The van der Waals surface area contributed by atoms with E-state index in [9.17, 15) is 13.6 Å². The molecule has 0 aromatic heterocycles. The van der Waals surface area contributed by atoms with E-state index in [0.29, 0.717) is 6.61 Å². The number of esters is 1. The molecular formula is C20H38F2O2Si. The molecule has 0 heterocycles. The largest absolute Gasteiger partial charge is 0.463 e.